The molecule has 1 aliphatic carbocycles. The molecule has 1 amide bonds. The molecular formula is C19H24N2O2. The Labute approximate surface area is 136 Å². The van der Waals surface area contributed by atoms with Crippen LogP contribution in [0.5, 0.6) is 5.75 Å². The van der Waals surface area contributed by atoms with E-state index < -0.39 is 0 Å². The number of hydrogen-bond acceptors (Lipinski definition) is 2. The van der Waals surface area contributed by atoms with Crippen LogP contribution < -0.4 is 10.1 Å². The maximum Gasteiger partial charge on any atom is 0.268 e. The summed E-state index contributed by atoms with van der Waals surface area (Å²) in [5, 5.41) is 4.10. The summed E-state index contributed by atoms with van der Waals surface area (Å²) in [5.74, 6) is 0.754. The first-order chi connectivity index (χ1) is 11.2. The monoisotopic (exact) mass is 312 g/mol. The molecule has 2 N–H and O–H groups in total. The molecule has 0 radical (unpaired) electrons. The number of fused-ring (bicyclic) bond motifs is 1. The SMILES string of the molecule is COc1ccc2c(C)c(C(=O)NCCC3=CCCCC3)[nH]c2c1. The van der Waals surface area contributed by atoms with Gasteiger partial charge >= 0.3 is 0 Å². The zero-order chi connectivity index (χ0) is 16.2. The Morgan fingerprint density at radius 1 is 1.35 bits per heavy atom. The molecule has 0 spiro atoms. The van der Waals surface area contributed by atoms with Gasteiger partial charge in [-0.3, -0.25) is 4.79 Å². The topological polar surface area (TPSA) is 54.1 Å². The minimum absolute atomic E-state index is 0.0333. The Balaban J connectivity index is 1.68. The van der Waals surface area contributed by atoms with E-state index in [1.165, 1.54) is 31.3 Å². The van der Waals surface area contributed by atoms with Crippen molar-refractivity contribution >= 4 is 16.8 Å². The number of aryl methyl sites for hydroxylation is 1. The van der Waals surface area contributed by atoms with Gasteiger partial charge in [0.1, 0.15) is 11.4 Å². The summed E-state index contributed by atoms with van der Waals surface area (Å²) in [6.45, 7) is 2.67. The van der Waals surface area contributed by atoms with Crippen LogP contribution >= 0.6 is 0 Å². The number of carbonyl (C=O) groups excluding carboxylic acids is 1. The van der Waals surface area contributed by atoms with Gasteiger partial charge in [-0.1, -0.05) is 11.6 Å². The molecule has 122 valence electrons. The molecule has 0 saturated carbocycles. The van der Waals surface area contributed by atoms with E-state index in [0.717, 1.165) is 28.6 Å². The van der Waals surface area contributed by atoms with Crippen molar-refractivity contribution in [1.29, 1.82) is 0 Å². The maximum absolute atomic E-state index is 12.4. The van der Waals surface area contributed by atoms with Gasteiger partial charge in [-0.05, 0) is 56.7 Å². The van der Waals surface area contributed by atoms with Gasteiger partial charge in [-0.15, -0.1) is 0 Å². The van der Waals surface area contributed by atoms with E-state index in [1.54, 1.807) is 7.11 Å². The van der Waals surface area contributed by atoms with Crippen molar-refractivity contribution in [3.8, 4) is 5.75 Å². The summed E-state index contributed by atoms with van der Waals surface area (Å²) in [6, 6.07) is 5.83. The number of ether oxygens (including phenoxy) is 1. The second-order valence-corrected chi connectivity index (χ2v) is 6.15. The van der Waals surface area contributed by atoms with Crippen LogP contribution in [-0.2, 0) is 0 Å². The number of aromatic nitrogens is 1. The molecule has 0 atom stereocenters. The predicted molar refractivity (Wildman–Crippen MR) is 93.1 cm³/mol. The molecule has 0 unspecified atom stereocenters. The molecule has 1 aromatic heterocycles. The van der Waals surface area contributed by atoms with Gasteiger partial charge < -0.3 is 15.0 Å². The Morgan fingerprint density at radius 2 is 2.22 bits per heavy atom. The summed E-state index contributed by atoms with van der Waals surface area (Å²) in [6.07, 6.45) is 8.23. The number of allylic oxidation sites excluding steroid dienone is 1. The summed E-state index contributed by atoms with van der Waals surface area (Å²) in [5.41, 5.74) is 4.04. The number of amides is 1. The van der Waals surface area contributed by atoms with Gasteiger partial charge in [-0.25, -0.2) is 0 Å². The molecule has 1 heterocycles. The highest BCUT2D eigenvalue weighted by molar-refractivity contribution is 6.01. The van der Waals surface area contributed by atoms with Gasteiger partial charge in [0.05, 0.1) is 7.11 Å². The lowest BCUT2D eigenvalue weighted by Crippen LogP contribution is -2.25. The van der Waals surface area contributed by atoms with Crippen LogP contribution in [0, 0.1) is 6.92 Å². The summed E-state index contributed by atoms with van der Waals surface area (Å²) in [7, 11) is 1.64. The van der Waals surface area contributed by atoms with E-state index >= 15 is 0 Å². The quantitative estimate of drug-likeness (QED) is 0.817. The van der Waals surface area contributed by atoms with Crippen LogP contribution in [0.15, 0.2) is 29.8 Å². The van der Waals surface area contributed by atoms with Crippen LogP contribution in [0.2, 0.25) is 0 Å². The fourth-order valence-electron chi connectivity index (χ4n) is 3.23. The smallest absolute Gasteiger partial charge is 0.268 e. The molecule has 3 rings (SSSR count). The van der Waals surface area contributed by atoms with Crippen molar-refractivity contribution < 1.29 is 9.53 Å². The highest BCUT2D eigenvalue weighted by Crippen LogP contribution is 2.25. The Hall–Kier alpha value is -2.23. The Kier molecular flexibility index (Phi) is 4.70. The molecule has 4 heteroatoms. The van der Waals surface area contributed by atoms with Crippen molar-refractivity contribution in [2.45, 2.75) is 39.0 Å². The Morgan fingerprint density at radius 3 is 2.96 bits per heavy atom. The third-order valence-electron chi connectivity index (χ3n) is 4.61. The third-order valence-corrected chi connectivity index (χ3v) is 4.61. The molecule has 0 bridgehead atoms. The van der Waals surface area contributed by atoms with E-state index in [2.05, 4.69) is 16.4 Å². The fraction of sp³-hybridized carbons (Fsp3) is 0.421. The summed E-state index contributed by atoms with van der Waals surface area (Å²) >= 11 is 0. The number of H-pyrrole nitrogens is 1. The second-order valence-electron chi connectivity index (χ2n) is 6.15. The van der Waals surface area contributed by atoms with Gasteiger partial charge in [-0.2, -0.15) is 0 Å². The molecule has 1 aliphatic rings. The number of hydrogen-bond donors (Lipinski definition) is 2. The van der Waals surface area contributed by atoms with Crippen LogP contribution in [0.25, 0.3) is 10.9 Å². The van der Waals surface area contributed by atoms with Crippen LogP contribution in [0.3, 0.4) is 0 Å². The van der Waals surface area contributed by atoms with Crippen molar-refractivity contribution in [2.75, 3.05) is 13.7 Å². The lowest BCUT2D eigenvalue weighted by molar-refractivity contribution is 0.0949. The van der Waals surface area contributed by atoms with Gasteiger partial charge in [0, 0.05) is 23.5 Å². The van der Waals surface area contributed by atoms with E-state index in [0.29, 0.717) is 12.2 Å². The van der Waals surface area contributed by atoms with Gasteiger partial charge in [0.15, 0.2) is 0 Å². The molecule has 0 fully saturated rings. The molecule has 2 aromatic rings. The molecular weight excluding hydrogens is 288 g/mol. The number of aromatic amines is 1. The summed E-state index contributed by atoms with van der Waals surface area (Å²) in [4.78, 5) is 15.7. The van der Waals surface area contributed by atoms with Crippen molar-refractivity contribution in [3.63, 3.8) is 0 Å². The van der Waals surface area contributed by atoms with Crippen LogP contribution in [-0.4, -0.2) is 24.5 Å². The lowest BCUT2D eigenvalue weighted by Gasteiger charge is -2.12. The molecule has 0 aliphatic heterocycles. The predicted octanol–water partition coefficient (Wildman–Crippen LogP) is 4.11. The highest BCUT2D eigenvalue weighted by Gasteiger charge is 2.15. The largest absolute Gasteiger partial charge is 0.497 e. The number of rotatable bonds is 5. The number of carbonyl (C=O) groups is 1. The van der Waals surface area contributed by atoms with Crippen molar-refractivity contribution in [2.24, 2.45) is 0 Å². The van der Waals surface area contributed by atoms with Gasteiger partial charge in [0.25, 0.3) is 5.91 Å². The minimum atomic E-state index is -0.0333. The molecule has 4 nitrogen and oxygen atoms in total. The van der Waals surface area contributed by atoms with E-state index in [4.69, 9.17) is 4.74 Å². The molecule has 23 heavy (non-hydrogen) atoms. The second kappa shape index (κ2) is 6.90. The van der Waals surface area contributed by atoms with Crippen molar-refractivity contribution in [1.82, 2.24) is 10.3 Å². The third kappa shape index (κ3) is 3.41. The van der Waals surface area contributed by atoms with Crippen molar-refractivity contribution in [3.05, 3.63) is 41.1 Å². The minimum Gasteiger partial charge on any atom is -0.497 e. The van der Waals surface area contributed by atoms with E-state index in [9.17, 15) is 4.79 Å². The van der Waals surface area contributed by atoms with E-state index in [-0.39, 0.29) is 5.91 Å². The zero-order valence-corrected chi connectivity index (χ0v) is 13.9. The van der Waals surface area contributed by atoms with Crippen LogP contribution in [0.1, 0.15) is 48.2 Å². The normalized spacial score (nSPS) is 14.6. The standard InChI is InChI=1S/C19H24N2O2/c1-13-16-9-8-15(23-2)12-17(16)21-18(13)19(22)20-11-10-14-6-4-3-5-7-14/h6,8-9,12,21H,3-5,7,10-11H2,1-2H3,(H,20,22). The molecule has 1 aromatic carbocycles. The number of nitrogens with one attached hydrogen (secondary N) is 2. The first-order valence-corrected chi connectivity index (χ1v) is 8.31. The number of methoxy groups -OCH3 is 1. The maximum atomic E-state index is 12.4. The van der Waals surface area contributed by atoms with Gasteiger partial charge in [0.2, 0.25) is 0 Å². The fourth-order valence-corrected chi connectivity index (χ4v) is 3.23. The van der Waals surface area contributed by atoms with Crippen LogP contribution in [0.4, 0.5) is 0 Å². The first-order valence-electron chi connectivity index (χ1n) is 8.31. The average molecular weight is 312 g/mol. The first kappa shape index (κ1) is 15.7. The lowest BCUT2D eigenvalue weighted by atomic mass is 9.97. The zero-order valence-electron chi connectivity index (χ0n) is 13.9. The Bertz CT molecular complexity index is 743. The number of benzene rings is 1. The highest BCUT2D eigenvalue weighted by atomic mass is 16.5. The summed E-state index contributed by atoms with van der Waals surface area (Å²) < 4.78 is 5.24. The van der Waals surface area contributed by atoms with E-state index in [1.807, 2.05) is 25.1 Å². The average Bonchev–Trinajstić information content (AvgIpc) is 2.92. The molecule has 0 saturated heterocycles.